The summed E-state index contributed by atoms with van der Waals surface area (Å²) in [6, 6.07) is 1.73. The third-order valence-corrected chi connectivity index (χ3v) is 6.15. The van der Waals surface area contributed by atoms with Crippen molar-refractivity contribution in [3.8, 4) is 0 Å². The summed E-state index contributed by atoms with van der Waals surface area (Å²) in [5, 5.41) is 3.80. The lowest BCUT2D eigenvalue weighted by Crippen LogP contribution is -2.47. The molecule has 3 aliphatic rings. The molecule has 0 saturated heterocycles. The van der Waals surface area contributed by atoms with E-state index in [9.17, 15) is 0 Å². The Hall–Kier alpha value is -0.0800. The van der Waals surface area contributed by atoms with Crippen molar-refractivity contribution >= 4 is 0 Å². The Labute approximate surface area is 132 Å². The number of nitrogens with zero attached hydrogens (tertiary/aromatic N) is 1. The molecule has 1 N–H and O–H groups in total. The van der Waals surface area contributed by atoms with Crippen LogP contribution in [0.3, 0.4) is 0 Å². The number of nitrogens with one attached hydrogen (secondary N) is 1. The molecule has 0 aromatic rings. The fraction of sp³-hybridized carbons (Fsp3) is 1.00. The molecular weight excluding hydrogens is 256 g/mol. The quantitative estimate of drug-likeness (QED) is 0.729. The predicted molar refractivity (Wildman–Crippen MR) is 90.5 cm³/mol. The lowest BCUT2D eigenvalue weighted by atomic mass is 9.73. The molecule has 0 spiro atoms. The molecule has 0 aromatic carbocycles. The monoisotopic (exact) mass is 292 g/mol. The standard InChI is InChI=1S/C19H36N2/c1-4-20-19-10-7-16(14(2)3)11-17(19)13-21(18-8-9-18)12-15-5-6-15/h14-20H,4-13H2,1-3H3. The fourth-order valence-corrected chi connectivity index (χ4v) is 4.38. The summed E-state index contributed by atoms with van der Waals surface area (Å²) < 4.78 is 0. The van der Waals surface area contributed by atoms with Crippen molar-refractivity contribution in [1.82, 2.24) is 10.2 Å². The summed E-state index contributed by atoms with van der Waals surface area (Å²) in [7, 11) is 0. The second-order valence-electron chi connectivity index (χ2n) is 8.37. The van der Waals surface area contributed by atoms with E-state index < -0.39 is 0 Å². The van der Waals surface area contributed by atoms with Crippen LogP contribution in [0.5, 0.6) is 0 Å². The van der Waals surface area contributed by atoms with Gasteiger partial charge in [-0.05, 0) is 75.2 Å². The van der Waals surface area contributed by atoms with E-state index in [1.165, 1.54) is 58.0 Å². The second kappa shape index (κ2) is 7.00. The van der Waals surface area contributed by atoms with Crippen molar-refractivity contribution in [3.05, 3.63) is 0 Å². The Morgan fingerprint density at radius 2 is 1.76 bits per heavy atom. The molecule has 3 rings (SSSR count). The van der Waals surface area contributed by atoms with Gasteiger partial charge >= 0.3 is 0 Å². The molecule has 3 saturated carbocycles. The van der Waals surface area contributed by atoms with Crippen molar-refractivity contribution in [2.75, 3.05) is 19.6 Å². The topological polar surface area (TPSA) is 15.3 Å². The lowest BCUT2D eigenvalue weighted by Gasteiger charge is -2.41. The van der Waals surface area contributed by atoms with E-state index in [1.54, 1.807) is 0 Å². The lowest BCUT2D eigenvalue weighted by molar-refractivity contribution is 0.115. The van der Waals surface area contributed by atoms with Gasteiger partial charge in [0.05, 0.1) is 0 Å². The summed E-state index contributed by atoms with van der Waals surface area (Å²) in [5.74, 6) is 3.78. The number of hydrogen-bond donors (Lipinski definition) is 1. The highest BCUT2D eigenvalue weighted by molar-refractivity contribution is 4.93. The minimum Gasteiger partial charge on any atom is -0.314 e. The number of rotatable bonds is 8. The maximum Gasteiger partial charge on any atom is 0.0108 e. The van der Waals surface area contributed by atoms with Crippen molar-refractivity contribution in [3.63, 3.8) is 0 Å². The van der Waals surface area contributed by atoms with Crippen molar-refractivity contribution in [2.24, 2.45) is 23.7 Å². The molecule has 0 amide bonds. The highest BCUT2D eigenvalue weighted by atomic mass is 15.2. The van der Waals surface area contributed by atoms with Crippen LogP contribution in [-0.2, 0) is 0 Å². The van der Waals surface area contributed by atoms with Crippen LogP contribution in [0, 0.1) is 23.7 Å². The van der Waals surface area contributed by atoms with Crippen LogP contribution in [-0.4, -0.2) is 36.6 Å². The molecule has 3 unspecified atom stereocenters. The smallest absolute Gasteiger partial charge is 0.0108 e. The SMILES string of the molecule is CCNC1CCC(C(C)C)CC1CN(CC1CC1)C1CC1. The molecule has 2 heteroatoms. The largest absolute Gasteiger partial charge is 0.314 e. The molecule has 0 radical (unpaired) electrons. The van der Waals surface area contributed by atoms with Gasteiger partial charge in [0.25, 0.3) is 0 Å². The molecule has 0 aromatic heterocycles. The zero-order chi connectivity index (χ0) is 14.8. The van der Waals surface area contributed by atoms with Crippen molar-refractivity contribution < 1.29 is 0 Å². The Morgan fingerprint density at radius 3 is 2.33 bits per heavy atom. The van der Waals surface area contributed by atoms with Gasteiger partial charge in [-0.3, -0.25) is 4.90 Å². The van der Waals surface area contributed by atoms with Crippen LogP contribution < -0.4 is 5.32 Å². The molecule has 122 valence electrons. The summed E-state index contributed by atoms with van der Waals surface area (Å²) in [4.78, 5) is 2.88. The molecule has 0 aliphatic heterocycles. The predicted octanol–water partition coefficient (Wildman–Crippen LogP) is 3.91. The average Bonchev–Trinajstić information content (AvgIpc) is 3.33. The highest BCUT2D eigenvalue weighted by Gasteiger charge is 2.38. The van der Waals surface area contributed by atoms with Gasteiger partial charge < -0.3 is 5.32 Å². The zero-order valence-corrected chi connectivity index (χ0v) is 14.5. The molecule has 0 heterocycles. The average molecular weight is 293 g/mol. The molecule has 3 atom stereocenters. The van der Waals surface area contributed by atoms with E-state index in [1.807, 2.05) is 0 Å². The maximum absolute atomic E-state index is 3.80. The van der Waals surface area contributed by atoms with Gasteiger partial charge in [-0.15, -0.1) is 0 Å². The zero-order valence-electron chi connectivity index (χ0n) is 14.5. The first-order chi connectivity index (χ1) is 10.2. The minimum absolute atomic E-state index is 0.783. The van der Waals surface area contributed by atoms with Crippen LogP contribution in [0.1, 0.15) is 65.7 Å². The van der Waals surface area contributed by atoms with Crippen LogP contribution in [0.15, 0.2) is 0 Å². The third-order valence-electron chi connectivity index (χ3n) is 6.15. The Kier molecular flexibility index (Phi) is 5.27. The van der Waals surface area contributed by atoms with Crippen molar-refractivity contribution in [2.45, 2.75) is 77.8 Å². The molecule has 21 heavy (non-hydrogen) atoms. The van der Waals surface area contributed by atoms with E-state index in [0.717, 1.165) is 42.3 Å². The van der Waals surface area contributed by atoms with Crippen LogP contribution in [0.25, 0.3) is 0 Å². The summed E-state index contributed by atoms with van der Waals surface area (Å²) >= 11 is 0. The minimum atomic E-state index is 0.783. The van der Waals surface area contributed by atoms with Gasteiger partial charge in [0.2, 0.25) is 0 Å². The maximum atomic E-state index is 3.80. The number of hydrogen-bond acceptors (Lipinski definition) is 2. The van der Waals surface area contributed by atoms with Crippen LogP contribution in [0.4, 0.5) is 0 Å². The molecule has 2 nitrogen and oxygen atoms in total. The first-order valence-corrected chi connectivity index (χ1v) is 9.64. The first-order valence-electron chi connectivity index (χ1n) is 9.64. The van der Waals surface area contributed by atoms with Crippen molar-refractivity contribution in [1.29, 1.82) is 0 Å². The van der Waals surface area contributed by atoms with Gasteiger partial charge in [-0.25, -0.2) is 0 Å². The van der Waals surface area contributed by atoms with Crippen LogP contribution >= 0.6 is 0 Å². The molecule has 3 aliphatic carbocycles. The third kappa shape index (κ3) is 4.45. The summed E-state index contributed by atoms with van der Waals surface area (Å²) in [6.45, 7) is 11.1. The fourth-order valence-electron chi connectivity index (χ4n) is 4.38. The first kappa shape index (κ1) is 15.8. The van der Waals surface area contributed by atoms with E-state index in [-0.39, 0.29) is 0 Å². The highest BCUT2D eigenvalue weighted by Crippen LogP contribution is 2.39. The normalized spacial score (nSPS) is 33.9. The molecular formula is C19H36N2. The van der Waals surface area contributed by atoms with E-state index >= 15 is 0 Å². The van der Waals surface area contributed by atoms with E-state index in [2.05, 4.69) is 31.0 Å². The Bertz CT molecular complexity index is 320. The summed E-state index contributed by atoms with van der Waals surface area (Å²) in [5.41, 5.74) is 0. The van der Waals surface area contributed by atoms with E-state index in [0.29, 0.717) is 0 Å². The Morgan fingerprint density at radius 1 is 1.00 bits per heavy atom. The second-order valence-corrected chi connectivity index (χ2v) is 8.37. The molecule has 0 bridgehead atoms. The van der Waals surface area contributed by atoms with E-state index in [4.69, 9.17) is 0 Å². The van der Waals surface area contributed by atoms with Crippen LogP contribution in [0.2, 0.25) is 0 Å². The van der Waals surface area contributed by atoms with Gasteiger partial charge in [0.1, 0.15) is 0 Å². The van der Waals surface area contributed by atoms with Gasteiger partial charge in [0, 0.05) is 25.2 Å². The van der Waals surface area contributed by atoms with Gasteiger partial charge in [-0.2, -0.15) is 0 Å². The van der Waals surface area contributed by atoms with Gasteiger partial charge in [-0.1, -0.05) is 20.8 Å². The Balaban J connectivity index is 1.59. The summed E-state index contributed by atoms with van der Waals surface area (Å²) in [6.07, 6.45) is 10.3. The van der Waals surface area contributed by atoms with Gasteiger partial charge in [0.15, 0.2) is 0 Å². The molecule has 3 fully saturated rings.